The van der Waals surface area contributed by atoms with E-state index in [9.17, 15) is 0 Å². The highest BCUT2D eigenvalue weighted by molar-refractivity contribution is 5.27. The van der Waals surface area contributed by atoms with Gasteiger partial charge in [-0.3, -0.25) is 0 Å². The van der Waals surface area contributed by atoms with Gasteiger partial charge in [0.25, 0.3) is 0 Å². The number of hydrogen-bond donors (Lipinski definition) is 0. The molecule has 0 heterocycles. The zero-order valence-electron chi connectivity index (χ0n) is 33.6. The van der Waals surface area contributed by atoms with E-state index in [2.05, 4.69) is 80.2 Å². The van der Waals surface area contributed by atoms with Crippen LogP contribution in [-0.4, -0.2) is 0 Å². The van der Waals surface area contributed by atoms with Gasteiger partial charge in [-0.25, -0.2) is 0 Å². The SMILES string of the molecule is C.C.C/C=C\CCC1CCC2(C)C(=CCC3(C)C2CCC2(C)C(CCCCC(C)C)CCC23)C1.C1CC1.C=CC.CC.CC.CCC. The molecule has 0 aliphatic heterocycles. The highest BCUT2D eigenvalue weighted by Gasteiger charge is 2.63. The van der Waals surface area contributed by atoms with E-state index in [1.165, 1.54) is 116 Å². The van der Waals surface area contributed by atoms with Crippen LogP contribution < -0.4 is 0 Å². The van der Waals surface area contributed by atoms with Crippen LogP contribution in [0.5, 0.6) is 0 Å². The fraction of sp³-hybridized carbons (Fsp3) is 0.872. The summed E-state index contributed by atoms with van der Waals surface area (Å²) < 4.78 is 0. The number of hydrogen-bond acceptors (Lipinski definition) is 0. The van der Waals surface area contributed by atoms with Crippen LogP contribution in [0.3, 0.4) is 0 Å². The van der Waals surface area contributed by atoms with Crippen LogP contribution in [0.4, 0.5) is 0 Å². The zero-order chi connectivity index (χ0) is 34.5. The van der Waals surface area contributed by atoms with E-state index in [4.69, 9.17) is 0 Å². The molecule has 282 valence electrons. The van der Waals surface area contributed by atoms with Crippen LogP contribution in [0.15, 0.2) is 36.5 Å². The van der Waals surface area contributed by atoms with Crippen molar-refractivity contribution in [1.29, 1.82) is 0 Å². The van der Waals surface area contributed by atoms with Gasteiger partial charge in [-0.05, 0) is 130 Å². The fourth-order valence-corrected chi connectivity index (χ4v) is 9.66. The van der Waals surface area contributed by atoms with E-state index < -0.39 is 0 Å². The van der Waals surface area contributed by atoms with Gasteiger partial charge in [-0.1, -0.05) is 166 Å². The Kier molecular flexibility index (Phi) is 29.1. The molecule has 0 nitrogen and oxygen atoms in total. The van der Waals surface area contributed by atoms with E-state index in [1.807, 2.05) is 40.2 Å². The largest absolute Gasteiger partial charge is 0.103 e. The molecule has 5 aliphatic carbocycles. The third-order valence-corrected chi connectivity index (χ3v) is 11.9. The van der Waals surface area contributed by atoms with Crippen molar-refractivity contribution < 1.29 is 0 Å². The molecule has 5 aliphatic rings. The van der Waals surface area contributed by atoms with Gasteiger partial charge in [-0.15, -0.1) is 6.58 Å². The molecule has 0 radical (unpaired) electrons. The monoisotopic (exact) mass is 659 g/mol. The Bertz CT molecular complexity index is 794. The normalized spacial score (nSPS) is 32.3. The van der Waals surface area contributed by atoms with Crippen molar-refractivity contribution in [2.45, 2.75) is 220 Å². The molecule has 0 aromatic carbocycles. The van der Waals surface area contributed by atoms with Gasteiger partial charge < -0.3 is 0 Å². The molecule has 4 saturated carbocycles. The Hall–Kier alpha value is -0.780. The topological polar surface area (TPSA) is 0 Å². The van der Waals surface area contributed by atoms with Crippen molar-refractivity contribution in [3.63, 3.8) is 0 Å². The summed E-state index contributed by atoms with van der Waals surface area (Å²) >= 11 is 0. The van der Waals surface area contributed by atoms with Gasteiger partial charge in [-0.2, -0.15) is 0 Å². The third-order valence-electron chi connectivity index (χ3n) is 11.9. The maximum absolute atomic E-state index is 3.36. The maximum Gasteiger partial charge on any atom is -0.00825 e. The number of unbranched alkanes of at least 4 members (excludes halogenated alkanes) is 1. The summed E-state index contributed by atoms with van der Waals surface area (Å²) in [5.41, 5.74) is 3.55. The van der Waals surface area contributed by atoms with Gasteiger partial charge >= 0.3 is 0 Å². The van der Waals surface area contributed by atoms with Crippen LogP contribution in [-0.2, 0) is 0 Å². The molecule has 0 amide bonds. The van der Waals surface area contributed by atoms with Crippen molar-refractivity contribution in [3.8, 4) is 0 Å². The molecule has 5 rings (SSSR count). The lowest BCUT2D eigenvalue weighted by Crippen LogP contribution is -2.55. The van der Waals surface area contributed by atoms with Gasteiger partial charge in [0.05, 0.1) is 0 Å². The molecule has 0 spiro atoms. The minimum atomic E-state index is 0. The summed E-state index contributed by atoms with van der Waals surface area (Å²) in [4.78, 5) is 0. The van der Waals surface area contributed by atoms with E-state index >= 15 is 0 Å². The number of fused-ring (bicyclic) bond motifs is 5. The molecule has 0 aromatic rings. The van der Waals surface area contributed by atoms with Gasteiger partial charge in [0.1, 0.15) is 0 Å². The predicted molar refractivity (Wildman–Crippen MR) is 222 cm³/mol. The van der Waals surface area contributed by atoms with Crippen molar-refractivity contribution in [3.05, 3.63) is 36.5 Å². The first-order valence-electron chi connectivity index (χ1n) is 20.4. The lowest BCUT2D eigenvalue weighted by atomic mass is 9.41. The van der Waals surface area contributed by atoms with Crippen LogP contribution >= 0.6 is 0 Å². The van der Waals surface area contributed by atoms with E-state index in [0.717, 1.165) is 29.6 Å². The first-order valence-corrected chi connectivity index (χ1v) is 20.4. The molecule has 0 bridgehead atoms. The second-order valence-electron chi connectivity index (χ2n) is 15.9. The van der Waals surface area contributed by atoms with Crippen molar-refractivity contribution in [2.75, 3.05) is 0 Å². The summed E-state index contributed by atoms with van der Waals surface area (Å²) in [6, 6.07) is 0. The van der Waals surface area contributed by atoms with Crippen molar-refractivity contribution in [1.82, 2.24) is 0 Å². The van der Waals surface area contributed by atoms with E-state index in [-0.39, 0.29) is 14.9 Å². The quantitative estimate of drug-likeness (QED) is 0.180. The Morgan fingerprint density at radius 3 is 1.89 bits per heavy atom. The minimum absolute atomic E-state index is 0. The highest BCUT2D eigenvalue weighted by atomic mass is 14.7. The Labute approximate surface area is 301 Å². The average Bonchev–Trinajstić information content (AvgIpc) is 3.87. The lowest BCUT2D eigenvalue weighted by molar-refractivity contribution is -0.107. The molecule has 0 aromatic heterocycles. The van der Waals surface area contributed by atoms with Crippen molar-refractivity contribution in [2.24, 2.45) is 45.8 Å². The molecule has 0 N–H and O–H groups in total. The average molecular weight is 659 g/mol. The van der Waals surface area contributed by atoms with Gasteiger partial charge in [0.15, 0.2) is 0 Å². The number of allylic oxidation sites excluding steroid dienone is 5. The Morgan fingerprint density at radius 1 is 0.809 bits per heavy atom. The Balaban J connectivity index is -0.00000112. The summed E-state index contributed by atoms with van der Waals surface area (Å²) in [5, 5.41) is 0. The predicted octanol–water partition coefficient (Wildman–Crippen LogP) is 17.2. The summed E-state index contributed by atoms with van der Waals surface area (Å²) in [6.07, 6.45) is 35.2. The molecule has 0 heteroatoms. The van der Waals surface area contributed by atoms with Crippen LogP contribution in [0.1, 0.15) is 220 Å². The van der Waals surface area contributed by atoms with E-state index in [1.54, 1.807) is 6.08 Å². The smallest absolute Gasteiger partial charge is 0.00825 e. The van der Waals surface area contributed by atoms with Gasteiger partial charge in [0, 0.05) is 0 Å². The van der Waals surface area contributed by atoms with Gasteiger partial charge in [0.2, 0.25) is 0 Å². The molecule has 4 fully saturated rings. The van der Waals surface area contributed by atoms with E-state index in [0.29, 0.717) is 16.2 Å². The molecular weight excluding hydrogens is 565 g/mol. The first-order chi connectivity index (χ1) is 21.6. The fourth-order valence-electron chi connectivity index (χ4n) is 9.66. The van der Waals surface area contributed by atoms with Crippen LogP contribution in [0.25, 0.3) is 0 Å². The van der Waals surface area contributed by atoms with Crippen LogP contribution in [0.2, 0.25) is 0 Å². The standard InChI is InChI=1S/C32H54.C3H6.C3H8.C3H6.2C2H6.2CH4/c1-7-8-9-13-25-17-20-31(5)27(23-25)18-21-32(6)28-16-15-26(14-11-10-12-24(2)3)30(28,4)22-19-29(31)32;1-2-3-1;2*1-3-2;2*1-2;;/h7-8,18,24-26,28-29H,9-17,19-23H2,1-6H3;1-3H2;3H2,1-2H3;3H,1H2,2H3;2*1-2H3;2*1H4/b8-7-;;;;;;;. The van der Waals surface area contributed by atoms with Crippen molar-refractivity contribution >= 4 is 0 Å². The zero-order valence-corrected chi connectivity index (χ0v) is 33.6. The second kappa shape index (κ2) is 27.0. The summed E-state index contributed by atoms with van der Waals surface area (Å²) in [6.45, 7) is 32.6. The molecular formula is C47H94. The lowest BCUT2D eigenvalue weighted by Gasteiger charge is -2.63. The number of rotatable bonds is 8. The minimum Gasteiger partial charge on any atom is -0.103 e. The maximum atomic E-state index is 3.36. The summed E-state index contributed by atoms with van der Waals surface area (Å²) in [5.74, 6) is 4.71. The molecule has 7 unspecified atom stereocenters. The highest BCUT2D eigenvalue weighted by Crippen LogP contribution is 2.71. The second-order valence-corrected chi connectivity index (χ2v) is 15.9. The Morgan fingerprint density at radius 2 is 1.38 bits per heavy atom. The van der Waals surface area contributed by atoms with Crippen LogP contribution in [0, 0.1) is 45.8 Å². The molecule has 7 atom stereocenters. The summed E-state index contributed by atoms with van der Waals surface area (Å²) in [7, 11) is 0. The molecule has 0 saturated heterocycles. The first kappa shape index (κ1) is 50.6. The molecule has 47 heavy (non-hydrogen) atoms. The third kappa shape index (κ3) is 14.9.